The maximum Gasteiger partial charge on any atom is 0.421 e. The summed E-state index contributed by atoms with van der Waals surface area (Å²) < 4.78 is 47.1. The molecule has 210 valence electrons. The number of amides is 1. The van der Waals surface area contributed by atoms with Crippen LogP contribution in [0.5, 0.6) is 0 Å². The Hall–Kier alpha value is -4.39. The zero-order valence-electron chi connectivity index (χ0n) is 21.9. The van der Waals surface area contributed by atoms with Crippen molar-refractivity contribution in [1.29, 1.82) is 0 Å². The molecule has 10 nitrogen and oxygen atoms in total. The molecule has 0 aromatic heterocycles. The van der Waals surface area contributed by atoms with Gasteiger partial charge < -0.3 is 30.9 Å². The lowest BCUT2D eigenvalue weighted by Gasteiger charge is -2.17. The lowest BCUT2D eigenvalue weighted by Crippen LogP contribution is -2.30. The zero-order valence-corrected chi connectivity index (χ0v) is 21.9. The second-order valence-corrected chi connectivity index (χ2v) is 8.05. The normalized spacial score (nSPS) is 19.4. The molecule has 0 unspecified atom stereocenters. The molecule has 1 amide bonds. The Morgan fingerprint density at radius 3 is 2.69 bits per heavy atom. The van der Waals surface area contributed by atoms with Crippen molar-refractivity contribution >= 4 is 36.1 Å². The molecule has 4 N–H and O–H groups in total. The Bertz CT molecular complexity index is 1160. The Morgan fingerprint density at radius 1 is 1.28 bits per heavy atom. The van der Waals surface area contributed by atoms with Crippen molar-refractivity contribution in [3.05, 3.63) is 72.4 Å². The van der Waals surface area contributed by atoms with E-state index in [1.54, 1.807) is 30.5 Å². The number of ether oxygens (including phenoxy) is 1. The fraction of sp³-hybridized carbons (Fsp3) is 0.308. The van der Waals surface area contributed by atoms with E-state index in [4.69, 9.17) is 4.74 Å². The van der Waals surface area contributed by atoms with Gasteiger partial charge in [-0.25, -0.2) is 9.98 Å². The van der Waals surface area contributed by atoms with Gasteiger partial charge in [0.1, 0.15) is 18.1 Å². The lowest BCUT2D eigenvalue weighted by atomic mass is 10.2. The molecule has 39 heavy (non-hydrogen) atoms. The van der Waals surface area contributed by atoms with E-state index >= 15 is 0 Å². The molecule has 0 saturated carbocycles. The maximum absolute atomic E-state index is 13.9. The number of hydrogen-bond donors (Lipinski definition) is 4. The molecule has 1 aromatic carbocycles. The number of carbonyl (C=O) groups excluding carboxylic acids is 1. The summed E-state index contributed by atoms with van der Waals surface area (Å²) in [6.45, 7) is 9.20. The number of alkyl halides is 3. The molecule has 1 aromatic rings. The van der Waals surface area contributed by atoms with Gasteiger partial charge in [-0.1, -0.05) is 12.6 Å². The van der Waals surface area contributed by atoms with Crippen molar-refractivity contribution in [3.8, 4) is 0 Å². The molecule has 1 aliphatic heterocycles. The standard InChI is InChI=1S/C26H33F3N8O2/c1-5-23(38)35-19-8-6-9-20(16-19)36-24(30-2)21(26(27,28)29)17-32-18-34-22-10-7-11-31-12-14-37(3)15-13-33-25(22)39-4/h5-11,16-17,31,34,36H,1-2,12-15,18H2,3-4H3,(H,35,38)/b11-7+,22-10+,24-21-,32-17-,33-25+. The maximum atomic E-state index is 13.9. The molecule has 2 rings (SSSR count). The number of aliphatic imine (C=N–C) groups is 3. The van der Waals surface area contributed by atoms with Gasteiger partial charge in [-0.05, 0) is 56.4 Å². The van der Waals surface area contributed by atoms with Crippen molar-refractivity contribution in [1.82, 2.24) is 15.5 Å². The molecule has 0 atom stereocenters. The molecule has 0 saturated heterocycles. The fourth-order valence-corrected chi connectivity index (χ4v) is 3.18. The summed E-state index contributed by atoms with van der Waals surface area (Å²) in [6, 6.07) is 6.10. The van der Waals surface area contributed by atoms with Gasteiger partial charge in [-0.3, -0.25) is 9.79 Å². The summed E-state index contributed by atoms with van der Waals surface area (Å²) in [5.74, 6) is -0.715. The smallest absolute Gasteiger partial charge is 0.421 e. The second kappa shape index (κ2) is 15.8. The van der Waals surface area contributed by atoms with Gasteiger partial charge in [0, 0.05) is 37.2 Å². The van der Waals surface area contributed by atoms with Gasteiger partial charge in [-0.15, -0.1) is 0 Å². The molecule has 1 aliphatic rings. The van der Waals surface area contributed by atoms with Crippen LogP contribution in [0, 0.1) is 0 Å². The molecule has 1 heterocycles. The van der Waals surface area contributed by atoms with Crippen LogP contribution in [0.25, 0.3) is 0 Å². The number of methoxy groups -OCH3 is 1. The Kier molecular flexibility index (Phi) is 12.5. The van der Waals surface area contributed by atoms with Crippen LogP contribution < -0.4 is 21.3 Å². The Labute approximate surface area is 225 Å². The van der Waals surface area contributed by atoms with Crippen LogP contribution in [0.3, 0.4) is 0 Å². The number of likely N-dealkylation sites (N-methyl/N-ethyl adjacent to an activating group) is 1. The first-order chi connectivity index (χ1) is 18.7. The average molecular weight is 547 g/mol. The van der Waals surface area contributed by atoms with Gasteiger partial charge in [-0.2, -0.15) is 13.2 Å². The predicted molar refractivity (Wildman–Crippen MR) is 150 cm³/mol. The van der Waals surface area contributed by atoms with E-state index in [1.165, 1.54) is 19.2 Å². The number of carbonyl (C=O) groups is 1. The predicted octanol–water partition coefficient (Wildman–Crippen LogP) is 3.29. The highest BCUT2D eigenvalue weighted by Crippen LogP contribution is 2.28. The molecule has 0 fully saturated rings. The minimum Gasteiger partial charge on any atom is -0.480 e. The molecule has 13 heteroatoms. The first-order valence-electron chi connectivity index (χ1n) is 11.9. The van der Waals surface area contributed by atoms with Gasteiger partial charge >= 0.3 is 6.18 Å². The Balaban J connectivity index is 2.24. The highest BCUT2D eigenvalue weighted by atomic mass is 19.4. The number of anilines is 2. The molecule has 0 aliphatic carbocycles. The Morgan fingerprint density at radius 2 is 2.03 bits per heavy atom. The van der Waals surface area contributed by atoms with Crippen molar-refractivity contribution < 1.29 is 22.7 Å². The van der Waals surface area contributed by atoms with Crippen LogP contribution in [0.2, 0.25) is 0 Å². The lowest BCUT2D eigenvalue weighted by molar-refractivity contribution is -0.111. The summed E-state index contributed by atoms with van der Waals surface area (Å²) in [4.78, 5) is 25.5. The quantitative estimate of drug-likeness (QED) is 0.279. The van der Waals surface area contributed by atoms with Gasteiger partial charge in [0.15, 0.2) is 0 Å². The number of nitrogens with zero attached hydrogens (tertiary/aromatic N) is 4. The van der Waals surface area contributed by atoms with Crippen LogP contribution >= 0.6 is 0 Å². The van der Waals surface area contributed by atoms with E-state index in [0.29, 0.717) is 36.6 Å². The molecule has 0 radical (unpaired) electrons. The first kappa shape index (κ1) is 30.8. The van der Waals surface area contributed by atoms with E-state index in [2.05, 4.69) is 54.4 Å². The van der Waals surface area contributed by atoms with Crippen LogP contribution in [-0.4, -0.2) is 82.8 Å². The summed E-state index contributed by atoms with van der Waals surface area (Å²) in [6.07, 6.45) is 2.14. The van der Waals surface area contributed by atoms with Crippen molar-refractivity contribution in [2.75, 3.05) is 57.6 Å². The van der Waals surface area contributed by atoms with Crippen LogP contribution in [0.4, 0.5) is 24.5 Å². The molecule has 0 bridgehead atoms. The minimum atomic E-state index is -4.78. The van der Waals surface area contributed by atoms with E-state index in [0.717, 1.165) is 19.2 Å². The van der Waals surface area contributed by atoms with Crippen LogP contribution in [0.15, 0.2) is 87.3 Å². The van der Waals surface area contributed by atoms with Gasteiger partial charge in [0.05, 0.1) is 19.4 Å². The molecular formula is C26H33F3N8O2. The monoisotopic (exact) mass is 546 g/mol. The van der Waals surface area contributed by atoms with Crippen molar-refractivity contribution in [2.45, 2.75) is 6.18 Å². The van der Waals surface area contributed by atoms with Crippen molar-refractivity contribution in [3.63, 3.8) is 0 Å². The summed E-state index contributed by atoms with van der Waals surface area (Å²) in [5.41, 5.74) is -0.0817. The molecular weight excluding hydrogens is 513 g/mol. The van der Waals surface area contributed by atoms with E-state index in [-0.39, 0.29) is 12.4 Å². The fourth-order valence-electron chi connectivity index (χ4n) is 3.18. The SMILES string of the molecule is C=CC(=O)Nc1cccc(N/C(N=C)=C(/C=N\CNC2=C/C=C/NCCN(C)CC/N=C\2OC)C(F)(F)F)c1. The number of hydrogen-bond acceptors (Lipinski definition) is 9. The van der Waals surface area contributed by atoms with Crippen LogP contribution in [0.1, 0.15) is 0 Å². The highest BCUT2D eigenvalue weighted by molar-refractivity contribution is 5.99. The third kappa shape index (κ3) is 10.9. The van der Waals surface area contributed by atoms with Crippen LogP contribution in [-0.2, 0) is 9.53 Å². The van der Waals surface area contributed by atoms with E-state index in [1.807, 2.05) is 7.05 Å². The topological polar surface area (TPSA) is 115 Å². The largest absolute Gasteiger partial charge is 0.480 e. The third-order valence-electron chi connectivity index (χ3n) is 5.15. The number of nitrogens with one attached hydrogen (secondary N) is 4. The van der Waals surface area contributed by atoms with Crippen molar-refractivity contribution in [2.24, 2.45) is 15.0 Å². The van der Waals surface area contributed by atoms with E-state index in [9.17, 15) is 18.0 Å². The highest BCUT2D eigenvalue weighted by Gasteiger charge is 2.35. The third-order valence-corrected chi connectivity index (χ3v) is 5.15. The first-order valence-corrected chi connectivity index (χ1v) is 11.9. The average Bonchev–Trinajstić information content (AvgIpc) is 2.89. The van der Waals surface area contributed by atoms with Gasteiger partial charge in [0.2, 0.25) is 11.8 Å². The number of benzene rings is 1. The second-order valence-electron chi connectivity index (χ2n) is 8.05. The summed E-state index contributed by atoms with van der Waals surface area (Å²) >= 11 is 0. The zero-order chi connectivity index (χ0) is 28.7. The molecule has 0 spiro atoms. The van der Waals surface area contributed by atoms with Gasteiger partial charge in [0.25, 0.3) is 0 Å². The summed E-state index contributed by atoms with van der Waals surface area (Å²) in [5, 5.41) is 11.2. The minimum absolute atomic E-state index is 0.206. The number of halogens is 3. The summed E-state index contributed by atoms with van der Waals surface area (Å²) in [7, 11) is 3.44. The number of rotatable bonds is 9. The number of allylic oxidation sites excluding steroid dienone is 3. The van der Waals surface area contributed by atoms with E-state index < -0.39 is 23.5 Å².